The first-order valence-corrected chi connectivity index (χ1v) is 15.9. The third-order valence-electron chi connectivity index (χ3n) is 8.20. The summed E-state index contributed by atoms with van der Waals surface area (Å²) in [5.74, 6) is 0.666. The van der Waals surface area contributed by atoms with E-state index < -0.39 is 24.3 Å². The standard InChI is InChI=1S/C38H38N4O5/c1-25(2)21-33(39-37(43)45-23-27-15-7-4-8-16-27)35-41-36(47-42-35)34(22-26-13-5-3-6-14-26)40-38(44)46-24-32-30-19-11-9-17-28(30)29-18-10-12-20-31(29)32/h3-20,25,32-34H,21-24H2,1-2H3,(H,39,43)(H,40,44)/t33-,34-/m0/s1. The number of fused-ring (bicyclic) bond motifs is 3. The maximum atomic E-state index is 13.3. The van der Waals surface area contributed by atoms with Gasteiger partial charge in [-0.05, 0) is 45.7 Å². The number of aromatic nitrogens is 2. The summed E-state index contributed by atoms with van der Waals surface area (Å²) in [4.78, 5) is 30.7. The highest BCUT2D eigenvalue weighted by molar-refractivity contribution is 5.79. The van der Waals surface area contributed by atoms with Gasteiger partial charge in [0, 0.05) is 12.3 Å². The maximum absolute atomic E-state index is 13.3. The van der Waals surface area contributed by atoms with E-state index in [1.165, 1.54) is 0 Å². The van der Waals surface area contributed by atoms with Crippen molar-refractivity contribution in [1.29, 1.82) is 0 Å². The lowest BCUT2D eigenvalue weighted by Crippen LogP contribution is -2.32. The number of ether oxygens (including phenoxy) is 2. The van der Waals surface area contributed by atoms with Crippen molar-refractivity contribution >= 4 is 12.2 Å². The van der Waals surface area contributed by atoms with Gasteiger partial charge in [-0.25, -0.2) is 9.59 Å². The number of alkyl carbamates (subject to hydrolysis) is 2. The number of benzene rings is 4. The number of rotatable bonds is 12. The molecule has 0 fully saturated rings. The summed E-state index contributed by atoms with van der Waals surface area (Å²) in [6, 6.07) is 34.4. The molecule has 0 radical (unpaired) electrons. The lowest BCUT2D eigenvalue weighted by atomic mass is 9.98. The van der Waals surface area contributed by atoms with Crippen molar-refractivity contribution < 1.29 is 23.6 Å². The van der Waals surface area contributed by atoms with Gasteiger partial charge in [0.2, 0.25) is 5.89 Å². The second kappa shape index (κ2) is 14.8. The number of hydrogen-bond donors (Lipinski definition) is 2. The molecule has 4 aromatic carbocycles. The fraction of sp³-hybridized carbons (Fsp3) is 0.263. The number of hydrogen-bond acceptors (Lipinski definition) is 7. The van der Waals surface area contributed by atoms with Crippen molar-refractivity contribution in [2.75, 3.05) is 6.61 Å². The molecule has 47 heavy (non-hydrogen) atoms. The van der Waals surface area contributed by atoms with Crippen LogP contribution in [0.4, 0.5) is 9.59 Å². The highest BCUT2D eigenvalue weighted by Crippen LogP contribution is 2.44. The Morgan fingerprint density at radius 3 is 1.91 bits per heavy atom. The van der Waals surface area contributed by atoms with Gasteiger partial charge >= 0.3 is 12.2 Å². The molecule has 1 heterocycles. The molecule has 0 unspecified atom stereocenters. The second-order valence-corrected chi connectivity index (χ2v) is 12.1. The fourth-order valence-electron chi connectivity index (χ4n) is 5.97. The number of nitrogens with one attached hydrogen (secondary N) is 2. The number of amides is 2. The molecule has 0 saturated carbocycles. The van der Waals surface area contributed by atoms with Crippen LogP contribution in [-0.4, -0.2) is 28.9 Å². The predicted molar refractivity (Wildman–Crippen MR) is 177 cm³/mol. The molecule has 6 rings (SSSR count). The molecule has 0 spiro atoms. The molecule has 0 saturated heterocycles. The Kier molecular flexibility index (Phi) is 9.91. The molecule has 2 N–H and O–H groups in total. The van der Waals surface area contributed by atoms with E-state index in [1.807, 2.05) is 98.8 Å². The molecular weight excluding hydrogens is 592 g/mol. The minimum Gasteiger partial charge on any atom is -0.449 e. The molecule has 9 heteroatoms. The third-order valence-corrected chi connectivity index (χ3v) is 8.20. The van der Waals surface area contributed by atoms with Crippen LogP contribution in [0.5, 0.6) is 0 Å². The fourth-order valence-corrected chi connectivity index (χ4v) is 5.97. The van der Waals surface area contributed by atoms with E-state index in [0.29, 0.717) is 18.7 Å². The van der Waals surface area contributed by atoms with Crippen molar-refractivity contribution in [2.24, 2.45) is 5.92 Å². The zero-order chi connectivity index (χ0) is 32.6. The Bertz CT molecular complexity index is 1740. The second-order valence-electron chi connectivity index (χ2n) is 12.1. The van der Waals surface area contributed by atoms with Crippen LogP contribution >= 0.6 is 0 Å². The van der Waals surface area contributed by atoms with Crippen LogP contribution in [0.1, 0.15) is 72.2 Å². The minimum atomic E-state index is -0.668. The topological polar surface area (TPSA) is 116 Å². The molecule has 2 atom stereocenters. The molecule has 240 valence electrons. The first-order chi connectivity index (χ1) is 22.9. The molecule has 1 aromatic heterocycles. The largest absolute Gasteiger partial charge is 0.449 e. The first kappa shape index (κ1) is 31.5. The monoisotopic (exact) mass is 630 g/mol. The summed E-state index contributed by atoms with van der Waals surface area (Å²) < 4.78 is 17.0. The van der Waals surface area contributed by atoms with E-state index in [0.717, 1.165) is 33.4 Å². The maximum Gasteiger partial charge on any atom is 0.408 e. The SMILES string of the molecule is CC(C)C[C@H](NC(=O)OCc1ccccc1)c1noc([C@H](Cc2ccccc2)NC(=O)OCC2c3ccccc3-c3ccccc32)n1. The van der Waals surface area contributed by atoms with Gasteiger partial charge in [0.15, 0.2) is 5.82 Å². The number of nitrogens with zero attached hydrogens (tertiary/aromatic N) is 2. The quantitative estimate of drug-likeness (QED) is 0.144. The Morgan fingerprint density at radius 2 is 1.28 bits per heavy atom. The summed E-state index contributed by atoms with van der Waals surface area (Å²) >= 11 is 0. The Hall–Kier alpha value is -5.44. The average Bonchev–Trinajstić information content (AvgIpc) is 3.70. The van der Waals surface area contributed by atoms with Crippen LogP contribution in [-0.2, 0) is 22.5 Å². The third kappa shape index (κ3) is 7.87. The summed E-state index contributed by atoms with van der Waals surface area (Å²) in [6.07, 6.45) is -0.214. The Labute approximate surface area is 274 Å². The zero-order valence-electron chi connectivity index (χ0n) is 26.5. The summed E-state index contributed by atoms with van der Waals surface area (Å²) in [5.41, 5.74) is 6.44. The van der Waals surface area contributed by atoms with Gasteiger partial charge in [0.25, 0.3) is 0 Å². The van der Waals surface area contributed by atoms with Crippen LogP contribution in [0.2, 0.25) is 0 Å². The van der Waals surface area contributed by atoms with E-state index in [9.17, 15) is 9.59 Å². The van der Waals surface area contributed by atoms with Crippen molar-refractivity contribution in [1.82, 2.24) is 20.8 Å². The van der Waals surface area contributed by atoms with E-state index >= 15 is 0 Å². The van der Waals surface area contributed by atoms with Gasteiger partial charge in [-0.3, -0.25) is 0 Å². The lowest BCUT2D eigenvalue weighted by Gasteiger charge is -2.18. The molecule has 1 aliphatic rings. The number of carbonyl (C=O) groups is 2. The van der Waals surface area contributed by atoms with Crippen LogP contribution in [0, 0.1) is 5.92 Å². The van der Waals surface area contributed by atoms with Gasteiger partial charge in [-0.1, -0.05) is 128 Å². The lowest BCUT2D eigenvalue weighted by molar-refractivity contribution is 0.133. The van der Waals surface area contributed by atoms with Crippen LogP contribution in [0.15, 0.2) is 114 Å². The van der Waals surface area contributed by atoms with Gasteiger partial charge in [-0.15, -0.1) is 0 Å². The van der Waals surface area contributed by atoms with Crippen molar-refractivity contribution in [3.05, 3.63) is 143 Å². The summed E-state index contributed by atoms with van der Waals surface area (Å²) in [5, 5.41) is 10.1. The minimum absolute atomic E-state index is 0.0692. The van der Waals surface area contributed by atoms with Gasteiger partial charge in [0.1, 0.15) is 19.3 Å². The van der Waals surface area contributed by atoms with Crippen molar-refractivity contribution in [3.63, 3.8) is 0 Å². The Morgan fingerprint density at radius 1 is 0.723 bits per heavy atom. The first-order valence-electron chi connectivity index (χ1n) is 15.9. The normalized spacial score (nSPS) is 13.3. The molecule has 0 aliphatic heterocycles. The highest BCUT2D eigenvalue weighted by atomic mass is 16.6. The zero-order valence-corrected chi connectivity index (χ0v) is 26.5. The molecule has 1 aliphatic carbocycles. The average molecular weight is 631 g/mol. The highest BCUT2D eigenvalue weighted by Gasteiger charge is 2.31. The molecule has 9 nitrogen and oxygen atoms in total. The van der Waals surface area contributed by atoms with E-state index in [2.05, 4.69) is 45.0 Å². The summed E-state index contributed by atoms with van der Waals surface area (Å²) in [6.45, 7) is 4.41. The van der Waals surface area contributed by atoms with E-state index in [1.54, 1.807) is 0 Å². The molecule has 0 bridgehead atoms. The van der Waals surface area contributed by atoms with Crippen LogP contribution < -0.4 is 10.6 Å². The van der Waals surface area contributed by atoms with Crippen LogP contribution in [0.3, 0.4) is 0 Å². The van der Waals surface area contributed by atoms with Crippen molar-refractivity contribution in [3.8, 4) is 11.1 Å². The molecular formula is C38H38N4O5. The van der Waals surface area contributed by atoms with Gasteiger partial charge in [-0.2, -0.15) is 4.98 Å². The summed E-state index contributed by atoms with van der Waals surface area (Å²) in [7, 11) is 0. The number of carbonyl (C=O) groups excluding carboxylic acids is 2. The molecule has 5 aromatic rings. The molecule has 2 amide bonds. The van der Waals surface area contributed by atoms with E-state index in [-0.39, 0.29) is 30.9 Å². The smallest absolute Gasteiger partial charge is 0.408 e. The predicted octanol–water partition coefficient (Wildman–Crippen LogP) is 7.91. The van der Waals surface area contributed by atoms with E-state index in [4.69, 9.17) is 14.0 Å². The van der Waals surface area contributed by atoms with Gasteiger partial charge in [0.05, 0.1) is 6.04 Å². The van der Waals surface area contributed by atoms with Gasteiger partial charge < -0.3 is 24.6 Å². The van der Waals surface area contributed by atoms with Crippen molar-refractivity contribution in [2.45, 2.75) is 51.3 Å². The Balaban J connectivity index is 1.16. The van der Waals surface area contributed by atoms with Crippen LogP contribution in [0.25, 0.3) is 11.1 Å².